The quantitative estimate of drug-likeness (QED) is 0.740. The third-order valence-corrected chi connectivity index (χ3v) is 2.44. The zero-order valence-electron chi connectivity index (χ0n) is 9.82. The van der Waals surface area contributed by atoms with Gasteiger partial charge >= 0.3 is 0 Å². The smallest absolute Gasteiger partial charge is 0.0662 e. The van der Waals surface area contributed by atoms with Crippen LogP contribution in [-0.4, -0.2) is 27.5 Å². The Labute approximate surface area is 91.3 Å². The summed E-state index contributed by atoms with van der Waals surface area (Å²) in [5.41, 5.74) is 2.22. The molecular weight excluding hydrogens is 190 g/mol. The van der Waals surface area contributed by atoms with Crippen LogP contribution in [0.2, 0.25) is 0 Å². The van der Waals surface area contributed by atoms with Gasteiger partial charge < -0.3 is 10.4 Å². The molecule has 4 nitrogen and oxygen atoms in total. The van der Waals surface area contributed by atoms with Crippen molar-refractivity contribution in [1.29, 1.82) is 0 Å². The van der Waals surface area contributed by atoms with E-state index in [4.69, 9.17) is 0 Å². The molecule has 0 aliphatic heterocycles. The van der Waals surface area contributed by atoms with Crippen LogP contribution in [0.3, 0.4) is 0 Å². The van der Waals surface area contributed by atoms with Gasteiger partial charge in [-0.05, 0) is 26.3 Å². The summed E-state index contributed by atoms with van der Waals surface area (Å²) in [6.07, 6.45) is 0.545. The van der Waals surface area contributed by atoms with Crippen molar-refractivity contribution in [3.8, 4) is 0 Å². The standard InChI is InChI=1S/C11H21N3O/c1-4-11(15)8-12-7-10-6-9(3)13-14(10)5-2/h6,11-12,15H,4-5,7-8H2,1-3H3. The number of aryl methyl sites for hydroxylation is 2. The molecule has 1 heterocycles. The summed E-state index contributed by atoms with van der Waals surface area (Å²) in [4.78, 5) is 0. The SMILES string of the molecule is CCC(O)CNCc1cc(C)nn1CC. The van der Waals surface area contributed by atoms with Crippen LogP contribution in [0.15, 0.2) is 6.07 Å². The Kier molecular flexibility index (Phi) is 4.78. The first kappa shape index (κ1) is 12.2. The van der Waals surface area contributed by atoms with Gasteiger partial charge in [0.2, 0.25) is 0 Å². The van der Waals surface area contributed by atoms with Crippen LogP contribution in [-0.2, 0) is 13.1 Å². The van der Waals surface area contributed by atoms with E-state index in [1.807, 2.05) is 18.5 Å². The lowest BCUT2D eigenvalue weighted by Gasteiger charge is -2.09. The molecular formula is C11H21N3O. The van der Waals surface area contributed by atoms with Gasteiger partial charge in [0.05, 0.1) is 17.5 Å². The Morgan fingerprint density at radius 1 is 1.53 bits per heavy atom. The maximum atomic E-state index is 9.38. The van der Waals surface area contributed by atoms with Crippen LogP contribution in [0.5, 0.6) is 0 Å². The van der Waals surface area contributed by atoms with Crippen molar-refractivity contribution >= 4 is 0 Å². The Morgan fingerprint density at radius 2 is 2.27 bits per heavy atom. The lowest BCUT2D eigenvalue weighted by atomic mass is 10.3. The maximum Gasteiger partial charge on any atom is 0.0662 e. The summed E-state index contributed by atoms with van der Waals surface area (Å²) in [7, 11) is 0. The third-order valence-electron chi connectivity index (χ3n) is 2.44. The fraction of sp³-hybridized carbons (Fsp3) is 0.727. The number of aromatic nitrogens is 2. The molecule has 0 aliphatic rings. The average molecular weight is 211 g/mol. The lowest BCUT2D eigenvalue weighted by Crippen LogP contribution is -2.26. The molecule has 0 aromatic carbocycles. The van der Waals surface area contributed by atoms with Gasteiger partial charge in [0.15, 0.2) is 0 Å². The first-order valence-corrected chi connectivity index (χ1v) is 5.59. The largest absolute Gasteiger partial charge is 0.392 e. The van der Waals surface area contributed by atoms with Crippen molar-refractivity contribution in [2.24, 2.45) is 0 Å². The second-order valence-corrected chi connectivity index (χ2v) is 3.79. The minimum atomic E-state index is -0.246. The highest BCUT2D eigenvalue weighted by Crippen LogP contribution is 2.03. The molecule has 1 rings (SSSR count). The van der Waals surface area contributed by atoms with Crippen LogP contribution in [0.25, 0.3) is 0 Å². The number of rotatable bonds is 6. The Morgan fingerprint density at radius 3 is 2.87 bits per heavy atom. The molecule has 0 saturated heterocycles. The van der Waals surface area contributed by atoms with Crippen LogP contribution >= 0.6 is 0 Å². The van der Waals surface area contributed by atoms with E-state index in [9.17, 15) is 5.11 Å². The van der Waals surface area contributed by atoms with E-state index in [2.05, 4.69) is 23.4 Å². The second-order valence-electron chi connectivity index (χ2n) is 3.79. The van der Waals surface area contributed by atoms with Crippen molar-refractivity contribution in [2.75, 3.05) is 6.54 Å². The number of hydrogen-bond donors (Lipinski definition) is 2. The van der Waals surface area contributed by atoms with Crippen molar-refractivity contribution < 1.29 is 5.11 Å². The fourth-order valence-corrected chi connectivity index (χ4v) is 1.53. The predicted octanol–water partition coefficient (Wildman–Crippen LogP) is 1.07. The zero-order chi connectivity index (χ0) is 11.3. The number of aliphatic hydroxyl groups excluding tert-OH is 1. The molecule has 2 N–H and O–H groups in total. The highest BCUT2D eigenvalue weighted by atomic mass is 16.3. The second kappa shape index (κ2) is 5.88. The van der Waals surface area contributed by atoms with E-state index in [-0.39, 0.29) is 6.10 Å². The molecule has 86 valence electrons. The van der Waals surface area contributed by atoms with Gasteiger partial charge in [0.25, 0.3) is 0 Å². The van der Waals surface area contributed by atoms with E-state index in [0.29, 0.717) is 6.54 Å². The zero-order valence-corrected chi connectivity index (χ0v) is 9.82. The minimum Gasteiger partial charge on any atom is -0.392 e. The van der Waals surface area contributed by atoms with Crippen molar-refractivity contribution in [3.05, 3.63) is 17.5 Å². The minimum absolute atomic E-state index is 0.246. The van der Waals surface area contributed by atoms with E-state index >= 15 is 0 Å². The summed E-state index contributed by atoms with van der Waals surface area (Å²) in [6, 6.07) is 2.08. The molecule has 0 spiro atoms. The Balaban J connectivity index is 2.42. The molecule has 1 aromatic heterocycles. The van der Waals surface area contributed by atoms with Crippen LogP contribution < -0.4 is 5.32 Å². The molecule has 0 radical (unpaired) electrons. The number of nitrogens with one attached hydrogen (secondary N) is 1. The van der Waals surface area contributed by atoms with Gasteiger partial charge in [-0.3, -0.25) is 4.68 Å². The summed E-state index contributed by atoms with van der Waals surface area (Å²) >= 11 is 0. The molecule has 0 saturated carbocycles. The first-order chi connectivity index (χ1) is 7.17. The monoisotopic (exact) mass is 211 g/mol. The van der Waals surface area contributed by atoms with E-state index in [0.717, 1.165) is 25.2 Å². The molecule has 0 amide bonds. The topological polar surface area (TPSA) is 50.1 Å². The van der Waals surface area contributed by atoms with Gasteiger partial charge in [-0.25, -0.2) is 0 Å². The number of aliphatic hydroxyl groups is 1. The van der Waals surface area contributed by atoms with Crippen LogP contribution in [0.1, 0.15) is 31.7 Å². The molecule has 0 fully saturated rings. The number of nitrogens with zero attached hydrogens (tertiary/aromatic N) is 2. The lowest BCUT2D eigenvalue weighted by molar-refractivity contribution is 0.167. The summed E-state index contributed by atoms with van der Waals surface area (Å²) in [6.45, 7) is 8.36. The fourth-order valence-electron chi connectivity index (χ4n) is 1.53. The average Bonchev–Trinajstić information content (AvgIpc) is 2.58. The van der Waals surface area contributed by atoms with E-state index in [1.165, 1.54) is 5.69 Å². The van der Waals surface area contributed by atoms with Crippen molar-refractivity contribution in [2.45, 2.75) is 46.4 Å². The van der Waals surface area contributed by atoms with E-state index in [1.54, 1.807) is 0 Å². The molecule has 1 aromatic rings. The van der Waals surface area contributed by atoms with Crippen molar-refractivity contribution in [3.63, 3.8) is 0 Å². The van der Waals surface area contributed by atoms with Crippen molar-refractivity contribution in [1.82, 2.24) is 15.1 Å². The highest BCUT2D eigenvalue weighted by molar-refractivity contribution is 5.08. The van der Waals surface area contributed by atoms with Crippen LogP contribution in [0.4, 0.5) is 0 Å². The van der Waals surface area contributed by atoms with Crippen LogP contribution in [0, 0.1) is 6.92 Å². The summed E-state index contributed by atoms with van der Waals surface area (Å²) in [5, 5.41) is 17.0. The summed E-state index contributed by atoms with van der Waals surface area (Å²) in [5.74, 6) is 0. The number of hydrogen-bond acceptors (Lipinski definition) is 3. The van der Waals surface area contributed by atoms with E-state index < -0.39 is 0 Å². The third kappa shape index (κ3) is 3.64. The summed E-state index contributed by atoms with van der Waals surface area (Å²) < 4.78 is 1.99. The van der Waals surface area contributed by atoms with Gasteiger partial charge in [0.1, 0.15) is 0 Å². The maximum absolute atomic E-state index is 9.38. The molecule has 4 heteroatoms. The molecule has 1 unspecified atom stereocenters. The Bertz CT molecular complexity index is 296. The molecule has 15 heavy (non-hydrogen) atoms. The molecule has 0 bridgehead atoms. The highest BCUT2D eigenvalue weighted by Gasteiger charge is 2.04. The van der Waals surface area contributed by atoms with Gasteiger partial charge in [-0.1, -0.05) is 6.92 Å². The first-order valence-electron chi connectivity index (χ1n) is 5.59. The van der Waals surface area contributed by atoms with Gasteiger partial charge in [-0.15, -0.1) is 0 Å². The normalized spacial score (nSPS) is 13.1. The Hall–Kier alpha value is -0.870. The molecule has 1 atom stereocenters. The molecule has 0 aliphatic carbocycles. The van der Waals surface area contributed by atoms with Gasteiger partial charge in [-0.2, -0.15) is 5.10 Å². The predicted molar refractivity (Wildman–Crippen MR) is 60.6 cm³/mol. The van der Waals surface area contributed by atoms with Gasteiger partial charge in [0, 0.05) is 19.6 Å².